The number of halogens is 9. The van der Waals surface area contributed by atoms with Gasteiger partial charge in [0.05, 0.1) is 0 Å². The van der Waals surface area contributed by atoms with E-state index in [-0.39, 0.29) is 6.92 Å². The summed E-state index contributed by atoms with van der Waals surface area (Å²) in [6.07, 6.45) is -10.3. The SMILES string of the molecule is CC(F)(F)C(F)C(F)(F)C(C)(F)OC(F)(F)F. The number of rotatable bonds is 4. The summed E-state index contributed by atoms with van der Waals surface area (Å²) in [7, 11) is 0. The molecule has 104 valence electrons. The smallest absolute Gasteiger partial charge is 0.248 e. The van der Waals surface area contributed by atoms with Crippen molar-refractivity contribution in [1.82, 2.24) is 0 Å². The second-order valence-electron chi connectivity index (χ2n) is 3.41. The first-order valence-electron chi connectivity index (χ1n) is 3.97. The fraction of sp³-hybridized carbons (Fsp3) is 1.00. The lowest BCUT2D eigenvalue weighted by atomic mass is 10.0. The van der Waals surface area contributed by atoms with Crippen LogP contribution in [0.1, 0.15) is 13.8 Å². The van der Waals surface area contributed by atoms with Gasteiger partial charge in [-0.3, -0.25) is 0 Å². The zero-order valence-electron chi connectivity index (χ0n) is 8.39. The molecule has 0 saturated carbocycles. The van der Waals surface area contributed by atoms with E-state index in [0.717, 1.165) is 0 Å². The summed E-state index contributed by atoms with van der Waals surface area (Å²) in [5.41, 5.74) is 0. The molecule has 0 heterocycles. The maximum absolute atomic E-state index is 12.9. The Balaban J connectivity index is 5.16. The summed E-state index contributed by atoms with van der Waals surface area (Å²) >= 11 is 0. The van der Waals surface area contributed by atoms with Gasteiger partial charge >= 0.3 is 12.3 Å². The maximum atomic E-state index is 12.9. The van der Waals surface area contributed by atoms with Gasteiger partial charge < -0.3 is 0 Å². The van der Waals surface area contributed by atoms with Gasteiger partial charge in [-0.15, -0.1) is 13.2 Å². The quantitative estimate of drug-likeness (QED) is 0.710. The van der Waals surface area contributed by atoms with Crippen LogP contribution >= 0.6 is 0 Å². The maximum Gasteiger partial charge on any atom is 0.525 e. The molecule has 0 radical (unpaired) electrons. The normalized spacial score (nSPS) is 19.9. The average Bonchev–Trinajstić information content (AvgIpc) is 1.95. The molecular weight excluding hydrogens is 271 g/mol. The molecule has 0 aliphatic rings. The fourth-order valence-corrected chi connectivity index (χ4v) is 0.830. The predicted molar refractivity (Wildman–Crippen MR) is 37.1 cm³/mol. The molecule has 0 saturated heterocycles. The summed E-state index contributed by atoms with van der Waals surface area (Å²) in [4.78, 5) is 0. The van der Waals surface area contributed by atoms with Gasteiger partial charge in [-0.2, -0.15) is 8.78 Å². The number of alkyl halides is 9. The van der Waals surface area contributed by atoms with Crippen LogP contribution in [0.4, 0.5) is 39.5 Å². The van der Waals surface area contributed by atoms with Crippen molar-refractivity contribution in [3.05, 3.63) is 0 Å². The van der Waals surface area contributed by atoms with E-state index in [0.29, 0.717) is 0 Å². The lowest BCUT2D eigenvalue weighted by Crippen LogP contribution is -2.57. The van der Waals surface area contributed by atoms with Crippen molar-refractivity contribution in [3.8, 4) is 0 Å². The number of hydrogen-bond donors (Lipinski definition) is 0. The molecule has 0 aromatic heterocycles. The Morgan fingerprint density at radius 1 is 0.824 bits per heavy atom. The molecule has 0 aromatic carbocycles. The van der Waals surface area contributed by atoms with E-state index in [1.165, 1.54) is 0 Å². The molecule has 0 aromatic rings. The van der Waals surface area contributed by atoms with Gasteiger partial charge in [-0.1, -0.05) is 0 Å². The van der Waals surface area contributed by atoms with Crippen LogP contribution in [0.2, 0.25) is 0 Å². The molecule has 0 spiro atoms. The first-order valence-corrected chi connectivity index (χ1v) is 3.97. The van der Waals surface area contributed by atoms with Crippen molar-refractivity contribution in [1.29, 1.82) is 0 Å². The third kappa shape index (κ3) is 3.93. The highest BCUT2D eigenvalue weighted by Crippen LogP contribution is 2.45. The Bertz CT molecular complexity index is 263. The van der Waals surface area contributed by atoms with Gasteiger partial charge in [0, 0.05) is 13.8 Å². The van der Waals surface area contributed by atoms with Crippen molar-refractivity contribution >= 4 is 0 Å². The van der Waals surface area contributed by atoms with E-state index in [9.17, 15) is 39.5 Å². The van der Waals surface area contributed by atoms with Crippen molar-refractivity contribution in [2.75, 3.05) is 0 Å². The lowest BCUT2D eigenvalue weighted by molar-refractivity contribution is -0.433. The highest BCUT2D eigenvalue weighted by Gasteiger charge is 2.67. The third-order valence-corrected chi connectivity index (χ3v) is 1.67. The number of hydrogen-bond acceptors (Lipinski definition) is 1. The standard InChI is InChI=1S/C7H7F9O/c1-4(9,10)3(8)6(12,13)5(2,11)17-7(14,15)16/h3H,1-2H3. The Morgan fingerprint density at radius 2 is 1.18 bits per heavy atom. The van der Waals surface area contributed by atoms with Crippen LogP contribution in [0.25, 0.3) is 0 Å². The summed E-state index contributed by atoms with van der Waals surface area (Å²) in [6.45, 7) is -0.811. The van der Waals surface area contributed by atoms with E-state index in [2.05, 4.69) is 4.74 Å². The van der Waals surface area contributed by atoms with E-state index in [1.54, 1.807) is 0 Å². The van der Waals surface area contributed by atoms with Crippen molar-refractivity contribution < 1.29 is 44.3 Å². The van der Waals surface area contributed by atoms with Crippen LogP contribution in [-0.2, 0) is 4.74 Å². The Labute approximate surface area is 89.5 Å². The highest BCUT2D eigenvalue weighted by molar-refractivity contribution is 4.94. The predicted octanol–water partition coefficient (Wildman–Crippen LogP) is 3.84. The van der Waals surface area contributed by atoms with Gasteiger partial charge in [0.2, 0.25) is 6.17 Å². The minimum atomic E-state index is -5.87. The monoisotopic (exact) mass is 278 g/mol. The molecule has 10 heteroatoms. The second-order valence-corrected chi connectivity index (χ2v) is 3.41. The van der Waals surface area contributed by atoms with Crippen LogP contribution in [0.3, 0.4) is 0 Å². The molecule has 2 atom stereocenters. The molecule has 17 heavy (non-hydrogen) atoms. The van der Waals surface area contributed by atoms with E-state index >= 15 is 0 Å². The first kappa shape index (κ1) is 16.3. The van der Waals surface area contributed by atoms with Crippen molar-refractivity contribution in [3.63, 3.8) is 0 Å². The Morgan fingerprint density at radius 3 is 1.41 bits per heavy atom. The summed E-state index contributed by atoms with van der Waals surface area (Å²) in [6, 6.07) is 0. The summed E-state index contributed by atoms with van der Waals surface area (Å²) in [5.74, 6) is -15.4. The average molecular weight is 278 g/mol. The molecule has 0 aliphatic heterocycles. The Kier molecular flexibility index (Phi) is 4.05. The minimum Gasteiger partial charge on any atom is -0.248 e. The van der Waals surface area contributed by atoms with Crippen LogP contribution < -0.4 is 0 Å². The summed E-state index contributed by atoms with van der Waals surface area (Å²) < 4.78 is 112. The Hall–Kier alpha value is -0.670. The largest absolute Gasteiger partial charge is 0.525 e. The third-order valence-electron chi connectivity index (χ3n) is 1.67. The van der Waals surface area contributed by atoms with Crippen molar-refractivity contribution in [2.24, 2.45) is 0 Å². The van der Waals surface area contributed by atoms with Crippen LogP contribution in [0.5, 0.6) is 0 Å². The van der Waals surface area contributed by atoms with Gasteiger partial charge in [-0.05, 0) is 0 Å². The second kappa shape index (κ2) is 4.21. The fourth-order valence-electron chi connectivity index (χ4n) is 0.830. The van der Waals surface area contributed by atoms with E-state index < -0.39 is 37.2 Å². The first-order chi connectivity index (χ1) is 7.11. The van der Waals surface area contributed by atoms with Gasteiger partial charge in [0.1, 0.15) is 0 Å². The van der Waals surface area contributed by atoms with Gasteiger partial charge in [0.15, 0.2) is 0 Å². The molecule has 0 fully saturated rings. The van der Waals surface area contributed by atoms with Crippen LogP contribution in [0, 0.1) is 0 Å². The highest BCUT2D eigenvalue weighted by atomic mass is 19.4. The summed E-state index contributed by atoms with van der Waals surface area (Å²) in [5, 5.41) is 0. The molecule has 0 amide bonds. The molecule has 1 nitrogen and oxygen atoms in total. The molecule has 0 aliphatic carbocycles. The van der Waals surface area contributed by atoms with Gasteiger partial charge in [0.25, 0.3) is 11.8 Å². The van der Waals surface area contributed by atoms with Crippen LogP contribution in [0.15, 0.2) is 0 Å². The molecule has 0 bridgehead atoms. The van der Waals surface area contributed by atoms with E-state index in [4.69, 9.17) is 0 Å². The molecule has 0 N–H and O–H groups in total. The minimum absolute atomic E-state index is 0.324. The molecule has 2 unspecified atom stereocenters. The number of ether oxygens (including phenoxy) is 1. The van der Waals surface area contributed by atoms with Gasteiger partial charge in [-0.25, -0.2) is 22.3 Å². The topological polar surface area (TPSA) is 9.23 Å². The zero-order chi connectivity index (χ0) is 14.3. The van der Waals surface area contributed by atoms with Crippen molar-refractivity contribution in [2.45, 2.75) is 44.1 Å². The zero-order valence-corrected chi connectivity index (χ0v) is 8.39. The lowest BCUT2D eigenvalue weighted by Gasteiger charge is -2.34. The molecule has 0 rings (SSSR count). The van der Waals surface area contributed by atoms with Crippen LogP contribution in [-0.4, -0.2) is 30.2 Å². The van der Waals surface area contributed by atoms with E-state index in [1.807, 2.05) is 0 Å². The molecular formula is C7H7F9O.